The molecule has 0 radical (unpaired) electrons. The molecule has 1 aliphatic rings. The molecule has 0 saturated carbocycles. The number of benzene rings is 2. The quantitative estimate of drug-likeness (QED) is 0.622. The molecule has 1 saturated heterocycles. The first-order valence-corrected chi connectivity index (χ1v) is 9.05. The van der Waals surface area contributed by atoms with E-state index in [1.54, 1.807) is 0 Å². The summed E-state index contributed by atoms with van der Waals surface area (Å²) in [6, 6.07) is 17.1. The van der Waals surface area contributed by atoms with Gasteiger partial charge in [-0.3, -0.25) is 0 Å². The lowest BCUT2D eigenvalue weighted by molar-refractivity contribution is 0.309. The van der Waals surface area contributed by atoms with E-state index in [4.69, 9.17) is 4.74 Å². The van der Waals surface area contributed by atoms with Gasteiger partial charge in [0.1, 0.15) is 5.75 Å². The number of anilines is 1. The third-order valence-electron chi connectivity index (χ3n) is 4.66. The Morgan fingerprint density at radius 3 is 2.12 bits per heavy atom. The number of nitrogens with zero attached hydrogens (tertiary/aromatic N) is 1. The van der Waals surface area contributed by atoms with Crippen LogP contribution < -0.4 is 9.64 Å². The van der Waals surface area contributed by atoms with Gasteiger partial charge in [-0.25, -0.2) is 0 Å². The molecule has 1 heterocycles. The van der Waals surface area contributed by atoms with Crippen LogP contribution in [0.4, 0.5) is 5.69 Å². The molecule has 2 aromatic rings. The maximum atomic E-state index is 5.72. The smallest absolute Gasteiger partial charge is 0.119 e. The van der Waals surface area contributed by atoms with Crippen molar-refractivity contribution in [3.05, 3.63) is 66.2 Å². The lowest BCUT2D eigenvalue weighted by Gasteiger charge is -2.18. The highest BCUT2D eigenvalue weighted by Crippen LogP contribution is 2.27. The third-order valence-corrected chi connectivity index (χ3v) is 4.66. The van der Waals surface area contributed by atoms with E-state index in [1.807, 2.05) is 12.1 Å². The van der Waals surface area contributed by atoms with Crippen molar-refractivity contribution in [1.29, 1.82) is 0 Å². The van der Waals surface area contributed by atoms with E-state index in [0.29, 0.717) is 0 Å². The first-order valence-electron chi connectivity index (χ1n) is 9.05. The highest BCUT2D eigenvalue weighted by molar-refractivity contribution is 5.79. The molecule has 0 atom stereocenters. The van der Waals surface area contributed by atoms with E-state index in [9.17, 15) is 0 Å². The summed E-state index contributed by atoms with van der Waals surface area (Å²) in [5, 5.41) is 0. The van der Waals surface area contributed by atoms with Crippen LogP contribution in [0.15, 0.2) is 55.1 Å². The van der Waals surface area contributed by atoms with Crippen LogP contribution in [0, 0.1) is 0 Å². The van der Waals surface area contributed by atoms with Gasteiger partial charge in [-0.05, 0) is 60.2 Å². The maximum Gasteiger partial charge on any atom is 0.119 e. The molecular formula is C22H27NO. The van der Waals surface area contributed by atoms with Crippen LogP contribution in [-0.4, -0.2) is 19.7 Å². The summed E-state index contributed by atoms with van der Waals surface area (Å²) in [5.74, 6) is 0.935. The molecule has 2 heteroatoms. The van der Waals surface area contributed by atoms with Gasteiger partial charge in [0, 0.05) is 18.8 Å². The van der Waals surface area contributed by atoms with Crippen LogP contribution in [0.5, 0.6) is 5.75 Å². The topological polar surface area (TPSA) is 12.5 Å². The second-order valence-corrected chi connectivity index (χ2v) is 6.45. The minimum absolute atomic E-state index is 0.786. The standard InChI is InChI=1S/C22H27NO/c1-3-4-17-24-22-13-9-20(10-14-22)18(2)19-7-11-21(12-8-19)23-15-5-6-16-23/h7-14H,2-6,15-17H2,1H3. The summed E-state index contributed by atoms with van der Waals surface area (Å²) in [5.41, 5.74) is 4.70. The summed E-state index contributed by atoms with van der Waals surface area (Å²) in [7, 11) is 0. The summed E-state index contributed by atoms with van der Waals surface area (Å²) in [4.78, 5) is 2.45. The summed E-state index contributed by atoms with van der Waals surface area (Å²) in [6.07, 6.45) is 4.86. The van der Waals surface area contributed by atoms with Crippen molar-refractivity contribution >= 4 is 11.3 Å². The number of hydrogen-bond acceptors (Lipinski definition) is 2. The summed E-state index contributed by atoms with van der Waals surface area (Å²) in [6.45, 7) is 9.59. The normalized spacial score (nSPS) is 14.0. The number of rotatable bonds is 7. The van der Waals surface area contributed by atoms with Gasteiger partial charge in [-0.15, -0.1) is 0 Å². The number of hydrogen-bond donors (Lipinski definition) is 0. The van der Waals surface area contributed by atoms with Crippen LogP contribution >= 0.6 is 0 Å². The van der Waals surface area contributed by atoms with E-state index in [-0.39, 0.29) is 0 Å². The Hall–Kier alpha value is -2.22. The number of unbranched alkanes of at least 4 members (excludes halogenated alkanes) is 1. The first-order chi connectivity index (χ1) is 11.8. The molecule has 1 fully saturated rings. The molecule has 0 bridgehead atoms. The molecule has 0 spiro atoms. The van der Waals surface area contributed by atoms with Gasteiger partial charge in [-0.2, -0.15) is 0 Å². The molecule has 0 N–H and O–H groups in total. The Kier molecular flexibility index (Phi) is 5.58. The van der Waals surface area contributed by atoms with Crippen LogP contribution in [0.25, 0.3) is 5.57 Å². The largest absolute Gasteiger partial charge is 0.494 e. The summed E-state index contributed by atoms with van der Waals surface area (Å²) < 4.78 is 5.72. The highest BCUT2D eigenvalue weighted by Gasteiger charge is 2.12. The Balaban J connectivity index is 1.65. The van der Waals surface area contributed by atoms with Crippen molar-refractivity contribution in [3.63, 3.8) is 0 Å². The zero-order valence-electron chi connectivity index (χ0n) is 14.6. The van der Waals surface area contributed by atoms with Crippen molar-refractivity contribution in [2.45, 2.75) is 32.6 Å². The fourth-order valence-electron chi connectivity index (χ4n) is 3.10. The number of ether oxygens (including phenoxy) is 1. The van der Waals surface area contributed by atoms with Crippen molar-refractivity contribution in [2.75, 3.05) is 24.6 Å². The van der Waals surface area contributed by atoms with Gasteiger partial charge in [0.2, 0.25) is 0 Å². The molecule has 0 unspecified atom stereocenters. The monoisotopic (exact) mass is 321 g/mol. The van der Waals surface area contributed by atoms with Crippen molar-refractivity contribution in [3.8, 4) is 5.75 Å². The Labute approximate surface area is 145 Å². The average Bonchev–Trinajstić information content (AvgIpc) is 3.17. The molecule has 2 aromatic carbocycles. The first kappa shape index (κ1) is 16.6. The Morgan fingerprint density at radius 2 is 1.54 bits per heavy atom. The molecule has 3 rings (SSSR count). The molecular weight excluding hydrogens is 294 g/mol. The lowest BCUT2D eigenvalue weighted by Crippen LogP contribution is -2.17. The van der Waals surface area contributed by atoms with Crippen molar-refractivity contribution in [2.24, 2.45) is 0 Å². The van der Waals surface area contributed by atoms with E-state index in [1.165, 1.54) is 37.2 Å². The van der Waals surface area contributed by atoms with E-state index >= 15 is 0 Å². The van der Waals surface area contributed by atoms with Crippen molar-refractivity contribution in [1.82, 2.24) is 0 Å². The molecule has 0 amide bonds. The van der Waals surface area contributed by atoms with Crippen molar-refractivity contribution < 1.29 is 4.74 Å². The molecule has 126 valence electrons. The van der Waals surface area contributed by atoms with Crippen LogP contribution in [0.2, 0.25) is 0 Å². The second kappa shape index (κ2) is 8.05. The SMILES string of the molecule is C=C(c1ccc(OCCCC)cc1)c1ccc(N2CCCC2)cc1. The summed E-state index contributed by atoms with van der Waals surface area (Å²) >= 11 is 0. The Bertz CT molecular complexity index is 651. The Morgan fingerprint density at radius 1 is 0.958 bits per heavy atom. The van der Waals surface area contributed by atoms with Gasteiger partial charge < -0.3 is 9.64 Å². The van der Waals surface area contributed by atoms with Gasteiger partial charge >= 0.3 is 0 Å². The maximum absolute atomic E-state index is 5.72. The van der Waals surface area contributed by atoms with Crippen LogP contribution in [-0.2, 0) is 0 Å². The van der Waals surface area contributed by atoms with E-state index in [2.05, 4.69) is 54.8 Å². The molecule has 0 aromatic heterocycles. The zero-order chi connectivity index (χ0) is 16.8. The van der Waals surface area contributed by atoms with E-state index < -0.39 is 0 Å². The molecule has 24 heavy (non-hydrogen) atoms. The molecule has 1 aliphatic heterocycles. The van der Waals surface area contributed by atoms with Gasteiger partial charge in [-0.1, -0.05) is 44.2 Å². The lowest BCUT2D eigenvalue weighted by atomic mass is 9.99. The fraction of sp³-hybridized carbons (Fsp3) is 0.364. The minimum atomic E-state index is 0.786. The molecule has 2 nitrogen and oxygen atoms in total. The van der Waals surface area contributed by atoms with E-state index in [0.717, 1.165) is 36.3 Å². The predicted molar refractivity (Wildman–Crippen MR) is 103 cm³/mol. The van der Waals surface area contributed by atoms with Gasteiger partial charge in [0.15, 0.2) is 0 Å². The van der Waals surface area contributed by atoms with Crippen LogP contribution in [0.1, 0.15) is 43.7 Å². The minimum Gasteiger partial charge on any atom is -0.494 e. The van der Waals surface area contributed by atoms with Crippen LogP contribution in [0.3, 0.4) is 0 Å². The van der Waals surface area contributed by atoms with Gasteiger partial charge in [0.05, 0.1) is 6.61 Å². The zero-order valence-corrected chi connectivity index (χ0v) is 14.6. The third kappa shape index (κ3) is 4.00. The highest BCUT2D eigenvalue weighted by atomic mass is 16.5. The van der Waals surface area contributed by atoms with Gasteiger partial charge in [0.25, 0.3) is 0 Å². The average molecular weight is 321 g/mol. The molecule has 0 aliphatic carbocycles. The fourth-order valence-corrected chi connectivity index (χ4v) is 3.10. The predicted octanol–water partition coefficient (Wildman–Crippen LogP) is 5.53. The second-order valence-electron chi connectivity index (χ2n) is 6.45.